The Labute approximate surface area is 87.9 Å². The fraction of sp³-hybridized carbons (Fsp3) is 0.615. The quantitative estimate of drug-likeness (QED) is 0.420. The van der Waals surface area contributed by atoms with Crippen molar-refractivity contribution in [3.8, 4) is 0 Å². The molecule has 1 fully saturated rings. The number of carbonyl (C=O) groups is 1. The van der Waals surface area contributed by atoms with Crippen molar-refractivity contribution in [2.75, 3.05) is 0 Å². The van der Waals surface area contributed by atoms with Gasteiger partial charge in [0.2, 0.25) is 0 Å². The van der Waals surface area contributed by atoms with Gasteiger partial charge in [0.15, 0.2) is 5.78 Å². The molecule has 0 aromatic carbocycles. The minimum Gasteiger partial charge on any atom is -0.294 e. The van der Waals surface area contributed by atoms with Gasteiger partial charge in [-0.05, 0) is 38.7 Å². The first-order valence-electron chi connectivity index (χ1n) is 5.64. The Morgan fingerprint density at radius 1 is 1.00 bits per heavy atom. The predicted octanol–water partition coefficient (Wildman–Crippen LogP) is 4.05. The Morgan fingerprint density at radius 2 is 1.57 bits per heavy atom. The van der Waals surface area contributed by atoms with Crippen LogP contribution in [0.5, 0.6) is 0 Å². The molecule has 1 aliphatic carbocycles. The molecule has 14 heavy (non-hydrogen) atoms. The zero-order valence-electron chi connectivity index (χ0n) is 9.89. The lowest BCUT2D eigenvalue weighted by molar-refractivity contribution is -0.115. The van der Waals surface area contributed by atoms with Gasteiger partial charge in [0.05, 0.1) is 0 Å². The Morgan fingerprint density at radius 3 is 2.07 bits per heavy atom. The normalized spacial score (nSPS) is 23.0. The van der Waals surface area contributed by atoms with E-state index in [0.717, 1.165) is 31.3 Å². The minimum atomic E-state index is 0.322. The monoisotopic (exact) mass is 194 g/mol. The van der Waals surface area contributed by atoms with E-state index in [4.69, 9.17) is 0 Å². The largest absolute Gasteiger partial charge is 0.294 e. The molecule has 1 aliphatic rings. The molecule has 0 atom stereocenters. The second-order valence-electron chi connectivity index (χ2n) is 3.15. The summed E-state index contributed by atoms with van der Waals surface area (Å²) in [4.78, 5) is 11.5. The zero-order chi connectivity index (χ0) is 11.0. The summed E-state index contributed by atoms with van der Waals surface area (Å²) in [5, 5.41) is 0. The molecule has 1 heteroatoms. The summed E-state index contributed by atoms with van der Waals surface area (Å²) >= 11 is 0. The van der Waals surface area contributed by atoms with Gasteiger partial charge in [-0.25, -0.2) is 0 Å². The summed E-state index contributed by atoms with van der Waals surface area (Å²) in [7, 11) is 0. The van der Waals surface area contributed by atoms with Gasteiger partial charge in [0.1, 0.15) is 0 Å². The second-order valence-corrected chi connectivity index (χ2v) is 3.15. The molecule has 0 saturated heterocycles. The highest BCUT2D eigenvalue weighted by atomic mass is 16.1. The van der Waals surface area contributed by atoms with Crippen LogP contribution >= 0.6 is 0 Å². The third-order valence-electron chi connectivity index (χ3n) is 2.38. The third-order valence-corrected chi connectivity index (χ3v) is 2.38. The molecular weight excluding hydrogens is 172 g/mol. The summed E-state index contributed by atoms with van der Waals surface area (Å²) in [5.41, 5.74) is 2.19. The van der Waals surface area contributed by atoms with Crippen molar-refractivity contribution in [1.29, 1.82) is 0 Å². The third kappa shape index (κ3) is 3.49. The van der Waals surface area contributed by atoms with Gasteiger partial charge in [-0.3, -0.25) is 4.79 Å². The molecule has 0 spiro atoms. The SMILES string of the molecule is C/C=C1/CCCCC(=O)/C1=C/C.CC. The van der Waals surface area contributed by atoms with E-state index >= 15 is 0 Å². The van der Waals surface area contributed by atoms with Crippen LogP contribution in [0.1, 0.15) is 53.4 Å². The van der Waals surface area contributed by atoms with Gasteiger partial charge in [0.25, 0.3) is 0 Å². The smallest absolute Gasteiger partial charge is 0.162 e. The highest BCUT2D eigenvalue weighted by Gasteiger charge is 2.15. The van der Waals surface area contributed by atoms with Gasteiger partial charge in [-0.15, -0.1) is 0 Å². The maximum atomic E-state index is 11.5. The van der Waals surface area contributed by atoms with Crippen molar-refractivity contribution in [1.82, 2.24) is 0 Å². The van der Waals surface area contributed by atoms with Crippen molar-refractivity contribution < 1.29 is 4.79 Å². The molecule has 0 unspecified atom stereocenters. The molecule has 0 bridgehead atoms. The molecular formula is C13H22O. The second kappa shape index (κ2) is 7.54. The Balaban J connectivity index is 0.000000791. The molecule has 1 nitrogen and oxygen atoms in total. The Bertz CT molecular complexity index is 234. The summed E-state index contributed by atoms with van der Waals surface area (Å²) in [6.45, 7) is 7.96. The number of allylic oxidation sites excluding steroid dienone is 4. The lowest BCUT2D eigenvalue weighted by atomic mass is 10.0. The van der Waals surface area contributed by atoms with Gasteiger partial charge < -0.3 is 0 Å². The number of Topliss-reactive ketones (excluding diaryl/α,β-unsaturated/α-hetero) is 1. The fourth-order valence-electron chi connectivity index (χ4n) is 1.70. The molecule has 0 heterocycles. The summed E-state index contributed by atoms with van der Waals surface area (Å²) in [5.74, 6) is 0.322. The molecule has 0 aromatic rings. The van der Waals surface area contributed by atoms with E-state index in [1.807, 2.05) is 33.8 Å². The van der Waals surface area contributed by atoms with Crippen molar-refractivity contribution in [3.63, 3.8) is 0 Å². The first kappa shape index (κ1) is 13.2. The molecule has 80 valence electrons. The van der Waals surface area contributed by atoms with Crippen LogP contribution in [0.4, 0.5) is 0 Å². The summed E-state index contributed by atoms with van der Waals surface area (Å²) in [6.07, 6.45) is 8.02. The number of ketones is 1. The van der Waals surface area contributed by atoms with Crippen LogP contribution in [-0.4, -0.2) is 5.78 Å². The van der Waals surface area contributed by atoms with Gasteiger partial charge in [-0.2, -0.15) is 0 Å². The predicted molar refractivity (Wildman–Crippen MR) is 62.3 cm³/mol. The standard InChI is InChI=1S/C11H16O.C2H6/c1-3-9-7-5-6-8-11(12)10(9)4-2;1-2/h3-4H,5-8H2,1-2H3;1-2H3/b9-3-,10-4+;. The first-order valence-corrected chi connectivity index (χ1v) is 5.64. The minimum absolute atomic E-state index is 0.322. The van der Waals surface area contributed by atoms with E-state index in [9.17, 15) is 4.79 Å². The Kier molecular flexibility index (Phi) is 7.09. The van der Waals surface area contributed by atoms with Crippen LogP contribution in [-0.2, 0) is 4.79 Å². The zero-order valence-corrected chi connectivity index (χ0v) is 9.89. The van der Waals surface area contributed by atoms with E-state index in [1.54, 1.807) is 0 Å². The first-order chi connectivity index (χ1) is 6.79. The van der Waals surface area contributed by atoms with E-state index in [1.165, 1.54) is 5.57 Å². The average molecular weight is 194 g/mol. The number of hydrogen-bond acceptors (Lipinski definition) is 1. The number of hydrogen-bond donors (Lipinski definition) is 0. The van der Waals surface area contributed by atoms with Crippen molar-refractivity contribution in [2.24, 2.45) is 0 Å². The summed E-state index contributed by atoms with van der Waals surface area (Å²) in [6, 6.07) is 0. The van der Waals surface area contributed by atoms with Crippen LogP contribution in [0, 0.1) is 0 Å². The van der Waals surface area contributed by atoms with Crippen LogP contribution in [0.25, 0.3) is 0 Å². The van der Waals surface area contributed by atoms with Crippen molar-refractivity contribution in [2.45, 2.75) is 53.4 Å². The van der Waals surface area contributed by atoms with Crippen molar-refractivity contribution in [3.05, 3.63) is 23.3 Å². The van der Waals surface area contributed by atoms with Crippen LogP contribution in [0.15, 0.2) is 23.3 Å². The molecule has 0 aliphatic heterocycles. The van der Waals surface area contributed by atoms with Crippen LogP contribution < -0.4 is 0 Å². The van der Waals surface area contributed by atoms with Crippen LogP contribution in [0.3, 0.4) is 0 Å². The van der Waals surface area contributed by atoms with E-state index in [0.29, 0.717) is 5.78 Å². The van der Waals surface area contributed by atoms with Gasteiger partial charge >= 0.3 is 0 Å². The van der Waals surface area contributed by atoms with Crippen molar-refractivity contribution >= 4 is 5.78 Å². The molecule has 1 rings (SSSR count). The average Bonchev–Trinajstić information content (AvgIpc) is 2.42. The molecule has 1 saturated carbocycles. The Hall–Kier alpha value is -0.850. The van der Waals surface area contributed by atoms with E-state index in [-0.39, 0.29) is 0 Å². The molecule has 0 aromatic heterocycles. The number of rotatable bonds is 0. The highest BCUT2D eigenvalue weighted by molar-refractivity contribution is 5.99. The lowest BCUT2D eigenvalue weighted by Gasteiger charge is -2.04. The van der Waals surface area contributed by atoms with Crippen LogP contribution in [0.2, 0.25) is 0 Å². The highest BCUT2D eigenvalue weighted by Crippen LogP contribution is 2.24. The molecule has 0 amide bonds. The maximum absolute atomic E-state index is 11.5. The van der Waals surface area contributed by atoms with E-state index in [2.05, 4.69) is 6.08 Å². The topological polar surface area (TPSA) is 17.1 Å². The fourth-order valence-corrected chi connectivity index (χ4v) is 1.70. The summed E-state index contributed by atoms with van der Waals surface area (Å²) < 4.78 is 0. The van der Waals surface area contributed by atoms with Gasteiger partial charge in [-0.1, -0.05) is 26.0 Å². The lowest BCUT2D eigenvalue weighted by Crippen LogP contribution is -2.01. The maximum Gasteiger partial charge on any atom is 0.162 e. The molecule has 0 radical (unpaired) electrons. The van der Waals surface area contributed by atoms with Gasteiger partial charge in [0, 0.05) is 12.0 Å². The molecule has 0 N–H and O–H groups in total. The van der Waals surface area contributed by atoms with E-state index < -0.39 is 0 Å². The number of carbonyl (C=O) groups excluding carboxylic acids is 1.